The summed E-state index contributed by atoms with van der Waals surface area (Å²) in [6, 6.07) is 0.260. The standard InChI is InChI=1S/C14H29N3O/c1-11(2)12(3)16-14(18)10-17-7-5-6-13(9-17)8-15-4/h11-13,15H,5-10H2,1-4H3,(H,16,18). The van der Waals surface area contributed by atoms with E-state index in [-0.39, 0.29) is 11.9 Å². The Balaban J connectivity index is 2.30. The third kappa shape index (κ3) is 5.36. The van der Waals surface area contributed by atoms with Gasteiger partial charge in [-0.05, 0) is 51.7 Å². The summed E-state index contributed by atoms with van der Waals surface area (Å²) in [7, 11) is 2.00. The fraction of sp³-hybridized carbons (Fsp3) is 0.929. The van der Waals surface area contributed by atoms with Crippen molar-refractivity contribution in [1.82, 2.24) is 15.5 Å². The fourth-order valence-electron chi connectivity index (χ4n) is 2.42. The molecule has 1 heterocycles. The molecule has 2 unspecified atom stereocenters. The zero-order valence-electron chi connectivity index (χ0n) is 12.3. The van der Waals surface area contributed by atoms with Crippen molar-refractivity contribution in [2.24, 2.45) is 11.8 Å². The molecular weight excluding hydrogens is 226 g/mol. The molecule has 0 aromatic rings. The van der Waals surface area contributed by atoms with Gasteiger partial charge in [-0.3, -0.25) is 9.69 Å². The second-order valence-electron chi connectivity index (χ2n) is 5.90. The smallest absolute Gasteiger partial charge is 0.234 e. The Morgan fingerprint density at radius 1 is 1.39 bits per heavy atom. The van der Waals surface area contributed by atoms with E-state index in [1.54, 1.807) is 0 Å². The predicted molar refractivity (Wildman–Crippen MR) is 75.5 cm³/mol. The van der Waals surface area contributed by atoms with E-state index >= 15 is 0 Å². The summed E-state index contributed by atoms with van der Waals surface area (Å²) < 4.78 is 0. The Bertz CT molecular complexity index is 253. The second kappa shape index (κ2) is 7.74. The molecule has 106 valence electrons. The lowest BCUT2D eigenvalue weighted by Crippen LogP contribution is -2.46. The number of nitrogens with one attached hydrogen (secondary N) is 2. The van der Waals surface area contributed by atoms with Crippen LogP contribution in [0.3, 0.4) is 0 Å². The maximum atomic E-state index is 11.9. The molecule has 0 radical (unpaired) electrons. The average molecular weight is 255 g/mol. The first-order valence-corrected chi connectivity index (χ1v) is 7.19. The van der Waals surface area contributed by atoms with Crippen LogP contribution in [0.5, 0.6) is 0 Å². The van der Waals surface area contributed by atoms with Gasteiger partial charge < -0.3 is 10.6 Å². The molecule has 1 saturated heterocycles. The molecule has 0 saturated carbocycles. The van der Waals surface area contributed by atoms with E-state index in [1.807, 2.05) is 7.05 Å². The number of carbonyl (C=O) groups is 1. The van der Waals surface area contributed by atoms with Gasteiger partial charge in [0.1, 0.15) is 0 Å². The van der Waals surface area contributed by atoms with Crippen molar-refractivity contribution in [2.75, 3.05) is 33.2 Å². The van der Waals surface area contributed by atoms with Crippen molar-refractivity contribution in [1.29, 1.82) is 0 Å². The van der Waals surface area contributed by atoms with E-state index in [0.29, 0.717) is 18.4 Å². The number of amides is 1. The number of nitrogens with zero attached hydrogens (tertiary/aromatic N) is 1. The Labute approximate surface area is 111 Å². The first-order valence-electron chi connectivity index (χ1n) is 7.19. The van der Waals surface area contributed by atoms with Crippen molar-refractivity contribution in [2.45, 2.75) is 39.7 Å². The van der Waals surface area contributed by atoms with E-state index in [0.717, 1.165) is 19.6 Å². The molecule has 0 aliphatic carbocycles. The zero-order valence-corrected chi connectivity index (χ0v) is 12.3. The minimum Gasteiger partial charge on any atom is -0.352 e. The van der Waals surface area contributed by atoms with Crippen LogP contribution in [0.1, 0.15) is 33.6 Å². The highest BCUT2D eigenvalue weighted by atomic mass is 16.2. The van der Waals surface area contributed by atoms with Crippen LogP contribution in [-0.2, 0) is 4.79 Å². The maximum absolute atomic E-state index is 11.9. The molecule has 1 rings (SSSR count). The summed E-state index contributed by atoms with van der Waals surface area (Å²) in [6.07, 6.45) is 2.49. The summed E-state index contributed by atoms with van der Waals surface area (Å²) >= 11 is 0. The topological polar surface area (TPSA) is 44.4 Å². The number of hydrogen-bond acceptors (Lipinski definition) is 3. The number of rotatable bonds is 6. The molecule has 1 fully saturated rings. The minimum absolute atomic E-state index is 0.168. The van der Waals surface area contributed by atoms with Gasteiger partial charge in [0.25, 0.3) is 0 Å². The number of piperidine rings is 1. The third-order valence-corrected chi connectivity index (χ3v) is 3.85. The SMILES string of the molecule is CNCC1CCCN(CC(=O)NC(C)C(C)C)C1. The highest BCUT2D eigenvalue weighted by Crippen LogP contribution is 2.15. The van der Waals surface area contributed by atoms with Crippen molar-refractivity contribution in [3.05, 3.63) is 0 Å². The monoisotopic (exact) mass is 255 g/mol. The third-order valence-electron chi connectivity index (χ3n) is 3.85. The summed E-state index contributed by atoms with van der Waals surface area (Å²) in [6.45, 7) is 10.1. The molecule has 0 aromatic heterocycles. The van der Waals surface area contributed by atoms with Crippen LogP contribution in [0.2, 0.25) is 0 Å². The molecule has 4 nitrogen and oxygen atoms in total. The molecule has 4 heteroatoms. The summed E-state index contributed by atoms with van der Waals surface area (Å²) in [5, 5.41) is 6.31. The molecule has 0 bridgehead atoms. The lowest BCUT2D eigenvalue weighted by molar-refractivity contribution is -0.123. The van der Waals surface area contributed by atoms with Crippen molar-refractivity contribution < 1.29 is 4.79 Å². The van der Waals surface area contributed by atoms with Crippen LogP contribution in [0.15, 0.2) is 0 Å². The van der Waals surface area contributed by atoms with Crippen LogP contribution < -0.4 is 10.6 Å². The number of hydrogen-bond donors (Lipinski definition) is 2. The highest BCUT2D eigenvalue weighted by Gasteiger charge is 2.21. The van der Waals surface area contributed by atoms with Crippen LogP contribution in [0.25, 0.3) is 0 Å². The summed E-state index contributed by atoms with van der Waals surface area (Å²) in [5.74, 6) is 1.35. The molecule has 1 amide bonds. The van der Waals surface area contributed by atoms with Crippen LogP contribution in [0, 0.1) is 11.8 Å². The molecule has 0 spiro atoms. The van der Waals surface area contributed by atoms with Gasteiger partial charge in [0.05, 0.1) is 6.54 Å². The van der Waals surface area contributed by atoms with E-state index in [2.05, 4.69) is 36.3 Å². The van der Waals surface area contributed by atoms with Crippen molar-refractivity contribution in [3.63, 3.8) is 0 Å². The van der Waals surface area contributed by atoms with Gasteiger partial charge in [-0.15, -0.1) is 0 Å². The van der Waals surface area contributed by atoms with Gasteiger partial charge in [0.15, 0.2) is 0 Å². The molecule has 2 atom stereocenters. The Morgan fingerprint density at radius 2 is 2.11 bits per heavy atom. The first kappa shape index (κ1) is 15.4. The highest BCUT2D eigenvalue weighted by molar-refractivity contribution is 5.78. The minimum atomic E-state index is 0.168. The van der Waals surface area contributed by atoms with Crippen molar-refractivity contribution >= 4 is 5.91 Å². The van der Waals surface area contributed by atoms with E-state index in [9.17, 15) is 4.79 Å². The molecule has 18 heavy (non-hydrogen) atoms. The summed E-state index contributed by atoms with van der Waals surface area (Å²) in [5.41, 5.74) is 0. The second-order valence-corrected chi connectivity index (χ2v) is 5.90. The van der Waals surface area contributed by atoms with Gasteiger partial charge in [-0.1, -0.05) is 13.8 Å². The lowest BCUT2D eigenvalue weighted by Gasteiger charge is -2.32. The van der Waals surface area contributed by atoms with Gasteiger partial charge in [-0.2, -0.15) is 0 Å². The van der Waals surface area contributed by atoms with Gasteiger partial charge in [0, 0.05) is 12.6 Å². The lowest BCUT2D eigenvalue weighted by atomic mass is 9.98. The maximum Gasteiger partial charge on any atom is 0.234 e. The molecule has 2 N–H and O–H groups in total. The van der Waals surface area contributed by atoms with Crippen LogP contribution >= 0.6 is 0 Å². The number of carbonyl (C=O) groups excluding carboxylic acids is 1. The fourth-order valence-corrected chi connectivity index (χ4v) is 2.42. The molecule has 0 aromatic carbocycles. The van der Waals surface area contributed by atoms with Gasteiger partial charge in [0.2, 0.25) is 5.91 Å². The van der Waals surface area contributed by atoms with Gasteiger partial charge in [-0.25, -0.2) is 0 Å². The normalized spacial score (nSPS) is 23.1. The molecule has 1 aliphatic heterocycles. The largest absolute Gasteiger partial charge is 0.352 e. The van der Waals surface area contributed by atoms with Crippen LogP contribution in [-0.4, -0.2) is 50.1 Å². The van der Waals surface area contributed by atoms with Crippen LogP contribution in [0.4, 0.5) is 0 Å². The van der Waals surface area contributed by atoms with E-state index < -0.39 is 0 Å². The number of likely N-dealkylation sites (tertiary alicyclic amines) is 1. The Morgan fingerprint density at radius 3 is 2.72 bits per heavy atom. The zero-order chi connectivity index (χ0) is 13.5. The average Bonchev–Trinajstić information content (AvgIpc) is 2.29. The van der Waals surface area contributed by atoms with Crippen molar-refractivity contribution in [3.8, 4) is 0 Å². The molecular formula is C14H29N3O. The summed E-state index contributed by atoms with van der Waals surface area (Å²) in [4.78, 5) is 14.2. The molecule has 1 aliphatic rings. The quantitative estimate of drug-likeness (QED) is 0.746. The Kier molecular flexibility index (Phi) is 6.65. The predicted octanol–water partition coefficient (Wildman–Crippen LogP) is 1.08. The van der Waals surface area contributed by atoms with E-state index in [1.165, 1.54) is 12.8 Å². The van der Waals surface area contributed by atoms with E-state index in [4.69, 9.17) is 0 Å². The van der Waals surface area contributed by atoms with Gasteiger partial charge >= 0.3 is 0 Å². The first-order chi connectivity index (χ1) is 8.52. The Hall–Kier alpha value is -0.610.